The summed E-state index contributed by atoms with van der Waals surface area (Å²) in [7, 11) is 3.39. The molecule has 2 aliphatic rings. The molecule has 1 amide bonds. The molecule has 0 spiro atoms. The molecule has 2 aromatic carbocycles. The third-order valence-electron chi connectivity index (χ3n) is 6.37. The summed E-state index contributed by atoms with van der Waals surface area (Å²) in [5, 5.41) is 9.79. The molecule has 0 unspecified atom stereocenters. The molecule has 0 bridgehead atoms. The van der Waals surface area contributed by atoms with Crippen molar-refractivity contribution >= 4 is 12.4 Å². The predicted octanol–water partition coefficient (Wildman–Crippen LogP) is 7.26. The van der Waals surface area contributed by atoms with E-state index in [1.807, 2.05) is 38.2 Å². The SMILES string of the molecule is CC.CC1=C(F)CCC=C1F.CCOCc1cc(OC)c(-c2ccc(C)c3c2CCCO3)c(OC)c1.O=CNCC(=O)O. The van der Waals surface area contributed by atoms with E-state index in [4.69, 9.17) is 24.1 Å². The van der Waals surface area contributed by atoms with E-state index in [0.29, 0.717) is 32.5 Å². The van der Waals surface area contributed by atoms with Crippen molar-refractivity contribution in [2.24, 2.45) is 0 Å². The third-order valence-corrected chi connectivity index (χ3v) is 6.37. The number of rotatable bonds is 9. The zero-order valence-corrected chi connectivity index (χ0v) is 26.3. The van der Waals surface area contributed by atoms with Crippen LogP contribution >= 0.6 is 0 Å². The van der Waals surface area contributed by atoms with Gasteiger partial charge in [0.1, 0.15) is 35.4 Å². The third kappa shape index (κ3) is 11.4. The molecule has 2 aromatic rings. The van der Waals surface area contributed by atoms with Crippen LogP contribution in [0.15, 0.2) is 47.6 Å². The minimum Gasteiger partial charge on any atom is -0.496 e. The van der Waals surface area contributed by atoms with Crippen LogP contribution in [0.4, 0.5) is 8.78 Å². The Kier molecular flexibility index (Phi) is 17.3. The van der Waals surface area contributed by atoms with Crippen LogP contribution in [0.2, 0.25) is 0 Å². The summed E-state index contributed by atoms with van der Waals surface area (Å²) in [5.41, 5.74) is 5.71. The molecule has 0 fully saturated rings. The number of carbonyl (C=O) groups excluding carboxylic acids is 1. The quantitative estimate of drug-likeness (QED) is 0.290. The summed E-state index contributed by atoms with van der Waals surface area (Å²) in [4.78, 5) is 18.9. The van der Waals surface area contributed by atoms with Gasteiger partial charge in [-0.1, -0.05) is 26.0 Å². The number of carboxylic acids is 1. The lowest BCUT2D eigenvalue weighted by atomic mass is 9.91. The van der Waals surface area contributed by atoms with Gasteiger partial charge < -0.3 is 29.4 Å². The molecule has 1 aliphatic heterocycles. The maximum atomic E-state index is 12.4. The van der Waals surface area contributed by atoms with E-state index in [2.05, 4.69) is 19.1 Å². The van der Waals surface area contributed by atoms with Crippen molar-refractivity contribution in [3.8, 4) is 28.4 Å². The van der Waals surface area contributed by atoms with Gasteiger partial charge in [-0.05, 0) is 74.9 Å². The first-order chi connectivity index (χ1) is 20.7. The van der Waals surface area contributed by atoms with Crippen LogP contribution in [0.25, 0.3) is 11.1 Å². The molecule has 8 nitrogen and oxygen atoms in total. The fourth-order valence-corrected chi connectivity index (χ4v) is 4.31. The van der Waals surface area contributed by atoms with Gasteiger partial charge in [-0.15, -0.1) is 0 Å². The van der Waals surface area contributed by atoms with E-state index >= 15 is 0 Å². The first-order valence-corrected chi connectivity index (χ1v) is 14.4. The van der Waals surface area contributed by atoms with Gasteiger partial charge in [0.05, 0.1) is 33.0 Å². The number of carboxylic acid groups (broad SMARTS) is 1. The van der Waals surface area contributed by atoms with Crippen LogP contribution < -0.4 is 19.5 Å². The average molecular weight is 606 g/mol. The Hall–Kier alpha value is -3.92. The molecular weight excluding hydrogens is 560 g/mol. The van der Waals surface area contributed by atoms with E-state index in [1.54, 1.807) is 14.2 Å². The number of hydrogen-bond donors (Lipinski definition) is 2. The summed E-state index contributed by atoms with van der Waals surface area (Å²) in [6.45, 7) is 11.2. The fraction of sp³-hybridized carbons (Fsp3) is 0.455. The van der Waals surface area contributed by atoms with Gasteiger partial charge in [-0.2, -0.15) is 0 Å². The van der Waals surface area contributed by atoms with Gasteiger partial charge in [-0.25, -0.2) is 8.78 Å². The minimum absolute atomic E-state index is 0.168. The summed E-state index contributed by atoms with van der Waals surface area (Å²) in [6.07, 6.45) is 4.64. The van der Waals surface area contributed by atoms with Crippen LogP contribution in [-0.2, 0) is 27.4 Å². The lowest BCUT2D eigenvalue weighted by Gasteiger charge is -2.24. The highest BCUT2D eigenvalue weighted by atomic mass is 19.1. The topological polar surface area (TPSA) is 103 Å². The number of methoxy groups -OCH3 is 2. The van der Waals surface area contributed by atoms with Crippen molar-refractivity contribution in [3.05, 3.63) is 64.3 Å². The molecule has 43 heavy (non-hydrogen) atoms. The van der Waals surface area contributed by atoms with E-state index < -0.39 is 11.8 Å². The van der Waals surface area contributed by atoms with E-state index in [1.165, 1.54) is 24.1 Å². The number of amides is 1. The number of nitrogens with one attached hydrogen (secondary N) is 1. The highest BCUT2D eigenvalue weighted by Gasteiger charge is 2.23. The molecular formula is C33H45F2NO7. The predicted molar refractivity (Wildman–Crippen MR) is 164 cm³/mol. The summed E-state index contributed by atoms with van der Waals surface area (Å²) < 4.78 is 47.7. The van der Waals surface area contributed by atoms with Crippen molar-refractivity contribution in [2.45, 2.75) is 66.9 Å². The summed E-state index contributed by atoms with van der Waals surface area (Å²) >= 11 is 0. The second-order valence-electron chi connectivity index (χ2n) is 9.22. The molecule has 1 aliphatic carbocycles. The summed E-state index contributed by atoms with van der Waals surface area (Å²) in [5.74, 6) is 0.850. The monoisotopic (exact) mass is 605 g/mol. The van der Waals surface area contributed by atoms with Crippen molar-refractivity contribution in [2.75, 3.05) is 34.0 Å². The molecule has 2 N–H and O–H groups in total. The number of carbonyl (C=O) groups is 2. The zero-order valence-electron chi connectivity index (χ0n) is 26.3. The molecule has 1 heterocycles. The van der Waals surface area contributed by atoms with Gasteiger partial charge in [0.15, 0.2) is 0 Å². The maximum absolute atomic E-state index is 12.4. The Bertz CT molecular complexity index is 1230. The number of aryl methyl sites for hydroxylation is 1. The Labute approximate surface area is 253 Å². The summed E-state index contributed by atoms with van der Waals surface area (Å²) in [6, 6.07) is 8.31. The van der Waals surface area contributed by atoms with Gasteiger partial charge in [0.25, 0.3) is 0 Å². The van der Waals surface area contributed by atoms with Gasteiger partial charge in [-0.3, -0.25) is 9.59 Å². The van der Waals surface area contributed by atoms with Crippen LogP contribution in [0.3, 0.4) is 0 Å². The zero-order chi connectivity index (χ0) is 32.4. The van der Waals surface area contributed by atoms with Crippen molar-refractivity contribution in [1.29, 1.82) is 0 Å². The maximum Gasteiger partial charge on any atom is 0.322 e. The van der Waals surface area contributed by atoms with Crippen LogP contribution in [0.5, 0.6) is 17.2 Å². The van der Waals surface area contributed by atoms with Crippen molar-refractivity contribution < 1.29 is 42.4 Å². The van der Waals surface area contributed by atoms with Crippen LogP contribution in [0, 0.1) is 6.92 Å². The molecule has 238 valence electrons. The fourth-order valence-electron chi connectivity index (χ4n) is 4.31. The first kappa shape index (κ1) is 37.1. The second-order valence-corrected chi connectivity index (χ2v) is 9.22. The largest absolute Gasteiger partial charge is 0.496 e. The molecule has 0 saturated carbocycles. The van der Waals surface area contributed by atoms with Gasteiger partial charge in [0, 0.05) is 24.2 Å². The number of allylic oxidation sites excluding steroid dienone is 4. The van der Waals surface area contributed by atoms with Crippen LogP contribution in [-0.4, -0.2) is 51.5 Å². The number of ether oxygens (including phenoxy) is 4. The lowest BCUT2D eigenvalue weighted by Crippen LogP contribution is -2.20. The molecule has 0 radical (unpaired) electrons. The molecule has 0 aromatic heterocycles. The normalized spacial score (nSPS) is 13.2. The van der Waals surface area contributed by atoms with Gasteiger partial charge in [0.2, 0.25) is 6.41 Å². The Morgan fingerprint density at radius 1 is 1.09 bits per heavy atom. The van der Waals surface area contributed by atoms with E-state index in [-0.39, 0.29) is 17.9 Å². The first-order valence-electron chi connectivity index (χ1n) is 14.4. The Balaban J connectivity index is 0.000000420. The van der Waals surface area contributed by atoms with Crippen molar-refractivity contribution in [3.63, 3.8) is 0 Å². The number of hydrogen-bond acceptors (Lipinski definition) is 6. The Morgan fingerprint density at radius 3 is 2.23 bits per heavy atom. The number of benzene rings is 2. The van der Waals surface area contributed by atoms with Crippen molar-refractivity contribution in [1.82, 2.24) is 5.32 Å². The number of halogens is 2. The van der Waals surface area contributed by atoms with E-state index in [0.717, 1.165) is 53.4 Å². The highest BCUT2D eigenvalue weighted by Crippen LogP contribution is 2.45. The number of fused-ring (bicyclic) bond motifs is 1. The smallest absolute Gasteiger partial charge is 0.322 e. The molecule has 10 heteroatoms. The highest BCUT2D eigenvalue weighted by molar-refractivity contribution is 5.82. The Morgan fingerprint density at radius 2 is 1.74 bits per heavy atom. The van der Waals surface area contributed by atoms with E-state index in [9.17, 15) is 18.4 Å². The molecule has 4 rings (SSSR count). The average Bonchev–Trinajstić information content (AvgIpc) is 3.03. The standard InChI is InChI=1S/C21H26O4.C7H8F2.C3H5NO3.C2H6/c1-5-24-13-15-11-18(22-3)20(19(12-15)23-4)16-9-8-14(2)21-17(16)7-6-10-25-21;1-5-6(8)3-2-4-7(5)9;5-2-4-1-3(6)7;1-2/h8-9,11-12H,5-7,10,13H2,1-4H3;3H,2,4H2,1H3;2H,1H2,(H,4,5)(H,6,7);1-2H3. The van der Waals surface area contributed by atoms with Crippen LogP contribution in [0.1, 0.15) is 63.6 Å². The lowest BCUT2D eigenvalue weighted by molar-refractivity contribution is -0.136. The minimum atomic E-state index is -1.04. The van der Waals surface area contributed by atoms with Gasteiger partial charge >= 0.3 is 5.97 Å². The molecule has 0 saturated heterocycles. The molecule has 0 atom stereocenters. The second kappa shape index (κ2) is 20.1. The number of aliphatic carboxylic acids is 1.